The van der Waals surface area contributed by atoms with E-state index in [4.69, 9.17) is 0 Å². The molecule has 1 atom stereocenters. The zero-order valence-corrected chi connectivity index (χ0v) is 15.3. The van der Waals surface area contributed by atoms with Gasteiger partial charge in [-0.1, -0.05) is 26.0 Å². The van der Waals surface area contributed by atoms with Crippen molar-refractivity contribution in [1.82, 2.24) is 10.0 Å². The molecule has 1 aromatic rings. The number of hydrogen-bond acceptors (Lipinski definition) is 5. The predicted octanol–water partition coefficient (Wildman–Crippen LogP) is 0.392. The van der Waals surface area contributed by atoms with E-state index >= 15 is 0 Å². The summed E-state index contributed by atoms with van der Waals surface area (Å²) < 4.78 is 49.2. The van der Waals surface area contributed by atoms with Gasteiger partial charge < -0.3 is 5.32 Å². The molecule has 1 amide bonds. The van der Waals surface area contributed by atoms with Gasteiger partial charge in [-0.25, -0.2) is 21.6 Å². The van der Waals surface area contributed by atoms with Crippen molar-refractivity contribution >= 4 is 25.8 Å². The number of rotatable bonds is 6. The lowest BCUT2D eigenvalue weighted by Crippen LogP contribution is -2.42. The van der Waals surface area contributed by atoms with Crippen molar-refractivity contribution in [3.63, 3.8) is 0 Å². The van der Waals surface area contributed by atoms with Crippen molar-refractivity contribution < 1.29 is 21.6 Å². The molecule has 24 heavy (non-hydrogen) atoms. The van der Waals surface area contributed by atoms with E-state index in [1.807, 2.05) is 13.8 Å². The van der Waals surface area contributed by atoms with Gasteiger partial charge in [-0.05, 0) is 30.0 Å². The lowest BCUT2D eigenvalue weighted by Gasteiger charge is -2.12. The summed E-state index contributed by atoms with van der Waals surface area (Å²) in [5.41, 5.74) is 1.02. The van der Waals surface area contributed by atoms with Gasteiger partial charge in [0, 0.05) is 6.04 Å². The van der Waals surface area contributed by atoms with E-state index in [0.29, 0.717) is 12.3 Å². The van der Waals surface area contributed by atoms with Crippen molar-refractivity contribution in [3.05, 3.63) is 29.8 Å². The van der Waals surface area contributed by atoms with E-state index in [0.717, 1.165) is 5.56 Å². The molecule has 2 N–H and O–H groups in total. The fraction of sp³-hybridized carbons (Fsp3) is 0.533. The number of carbonyl (C=O) groups excluding carboxylic acids is 1. The minimum atomic E-state index is -3.78. The van der Waals surface area contributed by atoms with Gasteiger partial charge >= 0.3 is 0 Å². The number of carbonyl (C=O) groups is 1. The zero-order chi connectivity index (χ0) is 18.0. The normalized spacial score (nSPS) is 20.2. The smallest absolute Gasteiger partial charge is 0.241 e. The maximum atomic E-state index is 12.2. The Labute approximate surface area is 142 Å². The Bertz CT molecular complexity index is 799. The Morgan fingerprint density at radius 1 is 1.25 bits per heavy atom. The van der Waals surface area contributed by atoms with Crippen LogP contribution in [0.5, 0.6) is 0 Å². The molecule has 7 nitrogen and oxygen atoms in total. The minimum absolute atomic E-state index is 0.0475. The molecule has 1 saturated heterocycles. The average molecular weight is 374 g/mol. The number of hydrogen-bond donors (Lipinski definition) is 2. The van der Waals surface area contributed by atoms with Gasteiger partial charge in [0.05, 0.1) is 22.9 Å². The molecule has 0 saturated carbocycles. The summed E-state index contributed by atoms with van der Waals surface area (Å²) >= 11 is 0. The first-order valence-electron chi connectivity index (χ1n) is 7.68. The largest absolute Gasteiger partial charge is 0.351 e. The Morgan fingerprint density at radius 3 is 2.38 bits per heavy atom. The van der Waals surface area contributed by atoms with Crippen molar-refractivity contribution in [2.24, 2.45) is 0 Å². The quantitative estimate of drug-likeness (QED) is 0.749. The van der Waals surface area contributed by atoms with Crippen LogP contribution in [0.15, 0.2) is 29.2 Å². The molecule has 0 bridgehead atoms. The highest BCUT2D eigenvalue weighted by molar-refractivity contribution is 7.91. The van der Waals surface area contributed by atoms with E-state index in [-0.39, 0.29) is 16.4 Å². The molecular weight excluding hydrogens is 352 g/mol. The molecule has 1 aliphatic rings. The molecule has 1 aromatic carbocycles. The summed E-state index contributed by atoms with van der Waals surface area (Å²) in [5.74, 6) is -0.295. The monoisotopic (exact) mass is 374 g/mol. The molecule has 0 spiro atoms. The van der Waals surface area contributed by atoms with Crippen LogP contribution in [0.4, 0.5) is 0 Å². The van der Waals surface area contributed by atoms with Gasteiger partial charge in [-0.15, -0.1) is 0 Å². The van der Waals surface area contributed by atoms with Gasteiger partial charge in [0.2, 0.25) is 15.9 Å². The maximum Gasteiger partial charge on any atom is 0.241 e. The highest BCUT2D eigenvalue weighted by Crippen LogP contribution is 2.17. The molecule has 134 valence electrons. The topological polar surface area (TPSA) is 109 Å². The van der Waals surface area contributed by atoms with Crippen molar-refractivity contribution in [2.45, 2.75) is 37.1 Å². The second kappa shape index (κ2) is 7.20. The van der Waals surface area contributed by atoms with Gasteiger partial charge in [0.15, 0.2) is 9.84 Å². The SMILES string of the molecule is CC(C)c1ccc(S(=O)(=O)NCC(=O)NC2CCS(=O)(=O)C2)cc1. The summed E-state index contributed by atoms with van der Waals surface area (Å²) in [4.78, 5) is 11.9. The third kappa shape index (κ3) is 5.02. The van der Waals surface area contributed by atoms with Crippen LogP contribution in [0.1, 0.15) is 31.7 Å². The molecule has 2 rings (SSSR count). The summed E-state index contributed by atoms with van der Waals surface area (Å²) in [5, 5.41) is 2.54. The van der Waals surface area contributed by atoms with E-state index in [1.165, 1.54) is 12.1 Å². The maximum absolute atomic E-state index is 12.2. The third-order valence-electron chi connectivity index (χ3n) is 3.88. The molecular formula is C15H22N2O5S2. The number of nitrogens with one attached hydrogen (secondary N) is 2. The average Bonchev–Trinajstić information content (AvgIpc) is 2.84. The van der Waals surface area contributed by atoms with E-state index in [2.05, 4.69) is 10.0 Å². The summed E-state index contributed by atoms with van der Waals surface area (Å²) in [7, 11) is -6.88. The summed E-state index contributed by atoms with van der Waals surface area (Å²) in [6.07, 6.45) is 0.359. The van der Waals surface area contributed by atoms with Gasteiger partial charge in [-0.2, -0.15) is 0 Å². The second-order valence-electron chi connectivity index (χ2n) is 6.22. The third-order valence-corrected chi connectivity index (χ3v) is 7.06. The number of sulfone groups is 1. The number of sulfonamides is 1. The van der Waals surface area contributed by atoms with Crippen molar-refractivity contribution in [1.29, 1.82) is 0 Å². The van der Waals surface area contributed by atoms with Crippen LogP contribution >= 0.6 is 0 Å². The number of amides is 1. The Kier molecular flexibility index (Phi) is 5.67. The highest BCUT2D eigenvalue weighted by atomic mass is 32.2. The van der Waals surface area contributed by atoms with Gasteiger partial charge in [0.1, 0.15) is 0 Å². The van der Waals surface area contributed by atoms with Crippen LogP contribution in [0, 0.1) is 0 Å². The molecule has 1 aliphatic heterocycles. The van der Waals surface area contributed by atoms with Crippen LogP contribution < -0.4 is 10.0 Å². The standard InChI is InChI=1S/C15H22N2O5S2/c1-11(2)12-3-5-14(6-4-12)24(21,22)16-9-15(18)17-13-7-8-23(19,20)10-13/h3-6,11,13,16H,7-10H2,1-2H3,(H,17,18). The van der Waals surface area contributed by atoms with E-state index < -0.39 is 38.4 Å². The van der Waals surface area contributed by atoms with Crippen LogP contribution in [0.25, 0.3) is 0 Å². The van der Waals surface area contributed by atoms with Crippen LogP contribution in [-0.4, -0.2) is 46.8 Å². The zero-order valence-electron chi connectivity index (χ0n) is 13.7. The van der Waals surface area contributed by atoms with Gasteiger partial charge in [0.25, 0.3) is 0 Å². The lowest BCUT2D eigenvalue weighted by atomic mass is 10.0. The van der Waals surface area contributed by atoms with Crippen LogP contribution in [0.2, 0.25) is 0 Å². The molecule has 0 aromatic heterocycles. The first kappa shape index (κ1) is 18.9. The number of benzene rings is 1. The minimum Gasteiger partial charge on any atom is -0.351 e. The van der Waals surface area contributed by atoms with E-state index in [9.17, 15) is 21.6 Å². The predicted molar refractivity (Wildman–Crippen MR) is 90.9 cm³/mol. The van der Waals surface area contributed by atoms with Crippen molar-refractivity contribution in [3.8, 4) is 0 Å². The Balaban J connectivity index is 1.91. The van der Waals surface area contributed by atoms with E-state index in [1.54, 1.807) is 12.1 Å². The van der Waals surface area contributed by atoms with Crippen LogP contribution in [0.3, 0.4) is 0 Å². The Hall–Kier alpha value is -1.45. The van der Waals surface area contributed by atoms with Crippen molar-refractivity contribution in [2.75, 3.05) is 18.1 Å². The molecule has 1 unspecified atom stereocenters. The highest BCUT2D eigenvalue weighted by Gasteiger charge is 2.29. The fourth-order valence-corrected chi connectivity index (χ4v) is 5.12. The molecule has 0 radical (unpaired) electrons. The molecule has 1 heterocycles. The summed E-state index contributed by atoms with van der Waals surface area (Å²) in [6.45, 7) is 3.59. The second-order valence-corrected chi connectivity index (χ2v) is 10.2. The molecule has 1 fully saturated rings. The van der Waals surface area contributed by atoms with Gasteiger partial charge in [-0.3, -0.25) is 4.79 Å². The Morgan fingerprint density at radius 2 is 1.88 bits per heavy atom. The summed E-state index contributed by atoms with van der Waals surface area (Å²) in [6, 6.07) is 6.03. The molecule has 0 aliphatic carbocycles. The lowest BCUT2D eigenvalue weighted by molar-refractivity contribution is -0.120. The van der Waals surface area contributed by atoms with Crippen LogP contribution in [-0.2, 0) is 24.7 Å². The first-order chi connectivity index (χ1) is 11.1. The first-order valence-corrected chi connectivity index (χ1v) is 11.0. The molecule has 9 heteroatoms. The fourth-order valence-electron chi connectivity index (χ4n) is 2.46.